The monoisotopic (exact) mass is 289 g/mol. The lowest BCUT2D eigenvalue weighted by Crippen LogP contribution is -1.89. The number of aromatic nitrogens is 4. The first-order chi connectivity index (χ1) is 9.40. The van der Waals surface area contributed by atoms with Crippen molar-refractivity contribution >= 4 is 32.9 Å². The van der Waals surface area contributed by atoms with Gasteiger partial charge in [0, 0.05) is 27.7 Å². The Morgan fingerprint density at radius 3 is 3.16 bits per heavy atom. The molecule has 0 bridgehead atoms. The molecule has 1 aliphatic carbocycles. The van der Waals surface area contributed by atoms with Crippen molar-refractivity contribution in [2.45, 2.75) is 19.3 Å². The third-order valence-corrected chi connectivity index (χ3v) is 4.87. The van der Waals surface area contributed by atoms with Crippen LogP contribution in [0.5, 0.6) is 0 Å². The Balaban J connectivity index is 1.74. The molecule has 0 saturated carbocycles. The fourth-order valence-corrected chi connectivity index (χ4v) is 3.90. The van der Waals surface area contributed by atoms with Crippen LogP contribution in [-0.4, -0.2) is 20.2 Å². The van der Waals surface area contributed by atoms with Crippen molar-refractivity contribution in [1.82, 2.24) is 20.2 Å². The van der Waals surface area contributed by atoms with Crippen LogP contribution in [0.25, 0.3) is 11.3 Å². The van der Waals surface area contributed by atoms with Crippen LogP contribution in [0.4, 0.5) is 10.3 Å². The van der Waals surface area contributed by atoms with Gasteiger partial charge in [-0.3, -0.25) is 5.10 Å². The highest BCUT2D eigenvalue weighted by Crippen LogP contribution is 2.37. The molecule has 7 heteroatoms. The van der Waals surface area contributed by atoms with E-state index in [2.05, 4.69) is 20.5 Å². The van der Waals surface area contributed by atoms with Gasteiger partial charge in [-0.15, -0.1) is 22.7 Å². The highest BCUT2D eigenvalue weighted by Gasteiger charge is 2.20. The van der Waals surface area contributed by atoms with Gasteiger partial charge in [0.2, 0.25) is 0 Å². The summed E-state index contributed by atoms with van der Waals surface area (Å²) in [5.74, 6) is 0. The zero-order valence-corrected chi connectivity index (χ0v) is 11.6. The maximum absolute atomic E-state index is 4.71. The predicted octanol–water partition coefficient (Wildman–Crippen LogP) is 3.22. The molecule has 0 atom stereocenters. The van der Waals surface area contributed by atoms with E-state index >= 15 is 0 Å². The Labute approximate surface area is 117 Å². The van der Waals surface area contributed by atoms with Crippen LogP contribution < -0.4 is 5.32 Å². The van der Waals surface area contributed by atoms with E-state index in [0.29, 0.717) is 0 Å². The summed E-state index contributed by atoms with van der Waals surface area (Å²) in [6.07, 6.45) is 6.94. The molecule has 3 aromatic heterocycles. The zero-order valence-electron chi connectivity index (χ0n) is 10.0. The number of nitrogens with zero attached hydrogens (tertiary/aromatic N) is 3. The normalized spacial score (nSPS) is 13.7. The Morgan fingerprint density at radius 2 is 2.26 bits per heavy atom. The predicted molar refractivity (Wildman–Crippen MR) is 77.1 cm³/mol. The minimum Gasteiger partial charge on any atom is -0.307 e. The van der Waals surface area contributed by atoms with Crippen LogP contribution >= 0.6 is 22.7 Å². The van der Waals surface area contributed by atoms with Crippen molar-refractivity contribution in [2.24, 2.45) is 0 Å². The van der Waals surface area contributed by atoms with Crippen molar-refractivity contribution in [3.63, 3.8) is 0 Å². The van der Waals surface area contributed by atoms with Crippen molar-refractivity contribution in [3.05, 3.63) is 28.3 Å². The Bertz CT molecular complexity index is 698. The molecule has 19 heavy (non-hydrogen) atoms. The summed E-state index contributed by atoms with van der Waals surface area (Å²) < 4.78 is 0. The highest BCUT2D eigenvalue weighted by molar-refractivity contribution is 7.17. The number of rotatable bonds is 2. The van der Waals surface area contributed by atoms with Crippen LogP contribution in [-0.2, 0) is 12.8 Å². The smallest absolute Gasteiger partial charge is 0.189 e. The van der Waals surface area contributed by atoms with Gasteiger partial charge < -0.3 is 5.32 Å². The molecule has 5 nitrogen and oxygen atoms in total. The number of hydrogen-bond donors (Lipinski definition) is 2. The van der Waals surface area contributed by atoms with Crippen LogP contribution in [0.1, 0.15) is 17.0 Å². The van der Waals surface area contributed by atoms with Crippen LogP contribution in [0.2, 0.25) is 0 Å². The minimum atomic E-state index is 0.885. The summed E-state index contributed by atoms with van der Waals surface area (Å²) in [6, 6.07) is 0. The molecule has 3 heterocycles. The quantitative estimate of drug-likeness (QED) is 0.760. The molecule has 0 amide bonds. The van der Waals surface area contributed by atoms with E-state index in [1.54, 1.807) is 28.9 Å². The molecule has 0 aliphatic heterocycles. The summed E-state index contributed by atoms with van der Waals surface area (Å²) >= 11 is 3.30. The van der Waals surface area contributed by atoms with Crippen LogP contribution in [0, 0.1) is 0 Å². The summed E-state index contributed by atoms with van der Waals surface area (Å²) in [5.41, 5.74) is 3.42. The molecular formula is C12H11N5S2. The van der Waals surface area contributed by atoms with E-state index in [1.807, 2.05) is 11.6 Å². The first-order valence-corrected chi connectivity index (χ1v) is 7.78. The topological polar surface area (TPSA) is 66.5 Å². The van der Waals surface area contributed by atoms with Gasteiger partial charge in [0.25, 0.3) is 0 Å². The molecule has 0 saturated heterocycles. The van der Waals surface area contributed by atoms with Crippen molar-refractivity contribution in [2.75, 3.05) is 5.32 Å². The fourth-order valence-electron chi connectivity index (χ4n) is 2.29. The molecule has 3 aromatic rings. The molecule has 1 aliphatic rings. The second-order valence-corrected chi connectivity index (χ2v) is 6.35. The van der Waals surface area contributed by atoms with Gasteiger partial charge >= 0.3 is 0 Å². The number of H-pyrrole nitrogens is 1. The molecule has 4 rings (SSSR count). The molecule has 96 valence electrons. The zero-order chi connectivity index (χ0) is 12.7. The Morgan fingerprint density at radius 1 is 1.26 bits per heavy atom. The first kappa shape index (κ1) is 11.1. The number of hydrogen-bond acceptors (Lipinski definition) is 6. The second kappa shape index (κ2) is 4.43. The van der Waals surface area contributed by atoms with E-state index in [0.717, 1.165) is 40.8 Å². The summed E-state index contributed by atoms with van der Waals surface area (Å²) in [6.45, 7) is 0. The van der Waals surface area contributed by atoms with Gasteiger partial charge in [-0.05, 0) is 19.3 Å². The van der Waals surface area contributed by atoms with Crippen LogP contribution in [0.3, 0.4) is 0 Å². The summed E-state index contributed by atoms with van der Waals surface area (Å²) in [5, 5.41) is 14.2. The van der Waals surface area contributed by atoms with Gasteiger partial charge in [-0.1, -0.05) is 0 Å². The number of fused-ring (bicyclic) bond motifs is 3. The number of aryl methyl sites for hydroxylation is 2. The summed E-state index contributed by atoms with van der Waals surface area (Å²) in [4.78, 5) is 10.3. The van der Waals surface area contributed by atoms with Crippen molar-refractivity contribution in [1.29, 1.82) is 0 Å². The first-order valence-electron chi connectivity index (χ1n) is 6.09. The Hall–Kier alpha value is -1.73. The van der Waals surface area contributed by atoms with E-state index < -0.39 is 0 Å². The minimum absolute atomic E-state index is 0.885. The van der Waals surface area contributed by atoms with Gasteiger partial charge in [-0.2, -0.15) is 5.10 Å². The molecule has 0 radical (unpaired) electrons. The third-order valence-electron chi connectivity index (χ3n) is 3.15. The number of aromatic amines is 1. The fraction of sp³-hybridized carbons (Fsp3) is 0.250. The molecule has 2 N–H and O–H groups in total. The van der Waals surface area contributed by atoms with E-state index in [-0.39, 0.29) is 0 Å². The van der Waals surface area contributed by atoms with Gasteiger partial charge in [0.15, 0.2) is 10.3 Å². The van der Waals surface area contributed by atoms with Crippen molar-refractivity contribution < 1.29 is 0 Å². The lowest BCUT2D eigenvalue weighted by molar-refractivity contribution is 0.811. The van der Waals surface area contributed by atoms with Crippen LogP contribution in [0.15, 0.2) is 17.8 Å². The van der Waals surface area contributed by atoms with Crippen molar-refractivity contribution in [3.8, 4) is 11.3 Å². The lowest BCUT2D eigenvalue weighted by Gasteiger charge is -1.96. The second-order valence-electron chi connectivity index (χ2n) is 4.37. The SMILES string of the molecule is c1csc(Nc2nc3c(s2)CCCc2[nH]ncc2-3)n1. The number of thiazole rings is 2. The molecule has 0 fully saturated rings. The third kappa shape index (κ3) is 1.95. The number of anilines is 2. The summed E-state index contributed by atoms with van der Waals surface area (Å²) in [7, 11) is 0. The molecule has 0 spiro atoms. The molecule has 0 aromatic carbocycles. The van der Waals surface area contributed by atoms with Gasteiger partial charge in [0.05, 0.1) is 11.9 Å². The maximum Gasteiger partial charge on any atom is 0.189 e. The lowest BCUT2D eigenvalue weighted by atomic mass is 10.2. The average molecular weight is 289 g/mol. The van der Waals surface area contributed by atoms with E-state index in [9.17, 15) is 0 Å². The van der Waals surface area contributed by atoms with E-state index in [4.69, 9.17) is 4.98 Å². The maximum atomic E-state index is 4.71. The average Bonchev–Trinajstić information content (AvgIpc) is 3.10. The molecule has 0 unspecified atom stereocenters. The largest absolute Gasteiger partial charge is 0.307 e. The Kier molecular flexibility index (Phi) is 2.59. The highest BCUT2D eigenvalue weighted by atomic mass is 32.1. The number of nitrogens with one attached hydrogen (secondary N) is 2. The van der Waals surface area contributed by atoms with Gasteiger partial charge in [0.1, 0.15) is 0 Å². The van der Waals surface area contributed by atoms with E-state index in [1.165, 1.54) is 10.6 Å². The van der Waals surface area contributed by atoms with Gasteiger partial charge in [-0.25, -0.2) is 9.97 Å². The standard InChI is InChI=1S/C12H11N5S2/c1-2-8-7(6-14-17-8)10-9(3-1)19-12(15-10)16-11-13-4-5-18-11/h4-6H,1-3H2,(H,14,17)(H,13,15,16). The molecular weight excluding hydrogens is 278 g/mol.